The van der Waals surface area contributed by atoms with Crippen LogP contribution in [0.1, 0.15) is 30.4 Å². The zero-order valence-corrected chi connectivity index (χ0v) is 24.2. The molecule has 0 spiro atoms. The van der Waals surface area contributed by atoms with Crippen molar-refractivity contribution in [2.24, 2.45) is 5.92 Å². The van der Waals surface area contributed by atoms with E-state index in [9.17, 15) is 14.7 Å². The van der Waals surface area contributed by atoms with Crippen molar-refractivity contribution in [1.29, 1.82) is 0 Å². The van der Waals surface area contributed by atoms with E-state index in [-0.39, 0.29) is 30.3 Å². The molecule has 3 saturated heterocycles. The summed E-state index contributed by atoms with van der Waals surface area (Å²) in [4.78, 5) is 47.0. The first-order chi connectivity index (χ1) is 18.5. The molecule has 1 saturated carbocycles. The van der Waals surface area contributed by atoms with E-state index in [1.807, 2.05) is 0 Å². The van der Waals surface area contributed by atoms with E-state index in [2.05, 4.69) is 28.5 Å². The molecule has 7 rings (SSSR count). The van der Waals surface area contributed by atoms with E-state index in [1.165, 1.54) is 4.90 Å². The van der Waals surface area contributed by atoms with E-state index in [0.29, 0.717) is 57.1 Å². The van der Waals surface area contributed by atoms with Crippen molar-refractivity contribution in [3.63, 3.8) is 0 Å². The number of rotatable bonds is 6. The number of likely N-dealkylation sites (N-methyl/N-ethyl adjacent to an activating group) is 1. The molecule has 2 amide bonds. The molecule has 2 bridgehead atoms. The van der Waals surface area contributed by atoms with Crippen LogP contribution in [0.5, 0.6) is 0 Å². The molecule has 3 aromatic rings. The molecule has 39 heavy (non-hydrogen) atoms. The second kappa shape index (κ2) is 9.35. The fourth-order valence-electron chi connectivity index (χ4n) is 6.23. The Labute approximate surface area is 236 Å². The van der Waals surface area contributed by atoms with Crippen LogP contribution < -0.4 is 4.90 Å². The third-order valence-electron chi connectivity index (χ3n) is 8.61. The summed E-state index contributed by atoms with van der Waals surface area (Å²) in [5.41, 5.74) is 3.16. The zero-order chi connectivity index (χ0) is 27.9. The minimum atomic E-state index is -0.912. The number of aryl methyl sites for hydroxylation is 2. The summed E-state index contributed by atoms with van der Waals surface area (Å²) in [5, 5.41) is 10.5. The Morgan fingerprint density at radius 1 is 1.00 bits per heavy atom. The Kier molecular flexibility index (Phi) is 6.31. The van der Waals surface area contributed by atoms with Gasteiger partial charge in [-0.3, -0.25) is 4.79 Å². The van der Waals surface area contributed by atoms with Gasteiger partial charge in [-0.05, 0) is 27.4 Å². The highest BCUT2D eigenvalue weighted by Crippen LogP contribution is 2.52. The monoisotopic (exact) mass is 574 g/mol. The van der Waals surface area contributed by atoms with Gasteiger partial charge in [-0.1, -0.05) is 23.2 Å². The lowest BCUT2D eigenvalue weighted by Crippen LogP contribution is -2.57. The molecule has 208 valence electrons. The minimum absolute atomic E-state index is 0.000852. The summed E-state index contributed by atoms with van der Waals surface area (Å²) < 4.78 is 2.15. The number of halogens is 2. The quantitative estimate of drug-likeness (QED) is 0.477. The Hall–Kier alpha value is -2.89. The molecule has 3 aliphatic heterocycles. The normalized spacial score (nSPS) is 22.6. The number of fused-ring (bicyclic) bond motifs is 4. The Bertz CT molecular complexity index is 1520. The molecular formula is C26H32Cl2N8O3. The lowest BCUT2D eigenvalue weighted by Gasteiger charge is -2.43. The predicted octanol–water partition coefficient (Wildman–Crippen LogP) is 3.29. The van der Waals surface area contributed by atoms with Gasteiger partial charge in [-0.2, -0.15) is 0 Å². The van der Waals surface area contributed by atoms with Gasteiger partial charge in [-0.15, -0.1) is 0 Å². The van der Waals surface area contributed by atoms with Crippen molar-refractivity contribution in [3.05, 3.63) is 21.6 Å². The van der Waals surface area contributed by atoms with Crippen LogP contribution in [-0.4, -0.2) is 111 Å². The highest BCUT2D eigenvalue weighted by atomic mass is 35.5. The van der Waals surface area contributed by atoms with E-state index in [0.717, 1.165) is 30.9 Å². The third-order valence-corrected chi connectivity index (χ3v) is 9.54. The number of carboxylic acid groups (broad SMARTS) is 1. The summed E-state index contributed by atoms with van der Waals surface area (Å²) in [6.45, 7) is 3.86. The summed E-state index contributed by atoms with van der Waals surface area (Å²) in [6, 6.07) is 0.126. The largest absolute Gasteiger partial charge is 0.465 e. The van der Waals surface area contributed by atoms with Crippen molar-refractivity contribution in [3.8, 4) is 0 Å². The standard InChI is InChI=1S/C26H32Cl2N8O3/c1-12-18(27)19(28)20-21(29-12)24-22(25(31-20)34-10-14(11-34)32(2)3)30-16(6-7-17(37)33(4)5)36(24)23-13-8-15(23)35(9-13)26(38)39/h13-15,23H,6-11H2,1-5H3,(H,38,39). The number of nitrogens with zero attached hydrogens (tertiary/aromatic N) is 8. The molecule has 3 atom stereocenters. The summed E-state index contributed by atoms with van der Waals surface area (Å²) in [7, 11) is 7.59. The molecule has 4 fully saturated rings. The maximum atomic E-state index is 12.6. The molecule has 3 unspecified atom stereocenters. The number of hydrogen-bond donors (Lipinski definition) is 1. The van der Waals surface area contributed by atoms with Crippen molar-refractivity contribution in [2.45, 2.75) is 44.3 Å². The SMILES string of the molecule is Cc1nc2c(nc(N3CC(N(C)C)C3)c3nc(CCC(=O)N(C)C)n(C4C5CC4N(C(=O)O)C5)c32)c(Cl)c1Cl. The Balaban J connectivity index is 1.59. The summed E-state index contributed by atoms with van der Waals surface area (Å²) in [5.74, 6) is 1.60. The molecule has 11 nitrogen and oxygen atoms in total. The average Bonchev–Trinajstić information content (AvgIpc) is 3.53. The van der Waals surface area contributed by atoms with Gasteiger partial charge in [0.05, 0.1) is 27.8 Å². The molecule has 6 heterocycles. The number of carbonyl (C=O) groups excluding carboxylic acids is 1. The van der Waals surface area contributed by atoms with Crippen LogP contribution in [-0.2, 0) is 11.2 Å². The van der Waals surface area contributed by atoms with Crippen molar-refractivity contribution in [2.75, 3.05) is 52.7 Å². The van der Waals surface area contributed by atoms with Crippen LogP contribution in [0, 0.1) is 12.8 Å². The number of imidazole rings is 1. The van der Waals surface area contributed by atoms with Crippen LogP contribution in [0.15, 0.2) is 0 Å². The summed E-state index contributed by atoms with van der Waals surface area (Å²) in [6.07, 6.45) is 0.590. The van der Waals surface area contributed by atoms with Gasteiger partial charge in [0, 0.05) is 58.5 Å². The minimum Gasteiger partial charge on any atom is -0.465 e. The fraction of sp³-hybridized carbons (Fsp3) is 0.577. The molecule has 13 heteroatoms. The molecule has 3 aromatic heterocycles. The lowest BCUT2D eigenvalue weighted by molar-refractivity contribution is -0.128. The van der Waals surface area contributed by atoms with Crippen LogP contribution in [0.25, 0.3) is 22.1 Å². The first kappa shape index (κ1) is 26.3. The van der Waals surface area contributed by atoms with Crippen LogP contribution in [0.2, 0.25) is 10.0 Å². The van der Waals surface area contributed by atoms with E-state index in [4.69, 9.17) is 38.2 Å². The fourth-order valence-corrected chi connectivity index (χ4v) is 6.63. The lowest BCUT2D eigenvalue weighted by atomic mass is 9.79. The van der Waals surface area contributed by atoms with Crippen molar-refractivity contribution in [1.82, 2.24) is 34.2 Å². The first-order valence-electron chi connectivity index (χ1n) is 13.1. The number of anilines is 1. The molecule has 0 radical (unpaired) electrons. The van der Waals surface area contributed by atoms with E-state index in [1.54, 1.807) is 25.9 Å². The third kappa shape index (κ3) is 4.00. The highest BCUT2D eigenvalue weighted by Gasteiger charge is 2.56. The second-order valence-corrected chi connectivity index (χ2v) is 12.1. The van der Waals surface area contributed by atoms with Crippen LogP contribution in [0.4, 0.5) is 10.6 Å². The zero-order valence-electron chi connectivity index (χ0n) is 22.6. The van der Waals surface area contributed by atoms with Gasteiger partial charge >= 0.3 is 6.09 Å². The van der Waals surface area contributed by atoms with Crippen LogP contribution >= 0.6 is 23.2 Å². The average molecular weight is 576 g/mol. The van der Waals surface area contributed by atoms with E-state index < -0.39 is 6.09 Å². The number of aromatic nitrogens is 4. The number of amides is 2. The van der Waals surface area contributed by atoms with Crippen molar-refractivity contribution < 1.29 is 14.7 Å². The molecule has 0 aromatic carbocycles. The maximum Gasteiger partial charge on any atom is 0.407 e. The molecule has 4 aliphatic rings. The Morgan fingerprint density at radius 3 is 2.33 bits per heavy atom. The number of pyridine rings is 2. The van der Waals surface area contributed by atoms with Gasteiger partial charge in [-0.25, -0.2) is 19.7 Å². The summed E-state index contributed by atoms with van der Waals surface area (Å²) >= 11 is 13.3. The molecule has 1 N–H and O–H groups in total. The van der Waals surface area contributed by atoms with Crippen LogP contribution in [0.3, 0.4) is 0 Å². The topological polar surface area (TPSA) is 111 Å². The predicted molar refractivity (Wildman–Crippen MR) is 150 cm³/mol. The highest BCUT2D eigenvalue weighted by molar-refractivity contribution is 6.45. The van der Waals surface area contributed by atoms with E-state index >= 15 is 0 Å². The van der Waals surface area contributed by atoms with Crippen molar-refractivity contribution >= 4 is 63.1 Å². The molecular weight excluding hydrogens is 543 g/mol. The number of hydrogen-bond acceptors (Lipinski definition) is 7. The van der Waals surface area contributed by atoms with Gasteiger partial charge in [0.25, 0.3) is 0 Å². The smallest absolute Gasteiger partial charge is 0.407 e. The maximum absolute atomic E-state index is 12.6. The van der Waals surface area contributed by atoms with Gasteiger partial charge < -0.3 is 29.3 Å². The molecule has 1 aliphatic carbocycles. The van der Waals surface area contributed by atoms with Gasteiger partial charge in [0.2, 0.25) is 5.91 Å². The number of carbonyl (C=O) groups is 2. The first-order valence-corrected chi connectivity index (χ1v) is 13.9. The van der Waals surface area contributed by atoms with Gasteiger partial charge in [0.15, 0.2) is 5.82 Å². The Morgan fingerprint density at radius 2 is 1.72 bits per heavy atom. The second-order valence-electron chi connectivity index (χ2n) is 11.4. The van der Waals surface area contributed by atoms with Gasteiger partial charge in [0.1, 0.15) is 27.9 Å².